The van der Waals surface area contributed by atoms with Crippen molar-refractivity contribution in [2.24, 2.45) is 0 Å². The van der Waals surface area contributed by atoms with Crippen LogP contribution in [0.4, 0.5) is 0 Å². The molecule has 2 aromatic rings. The Balaban J connectivity index is 2.37. The van der Waals surface area contributed by atoms with E-state index < -0.39 is 6.10 Å². The maximum Gasteiger partial charge on any atom is 0.148 e. The predicted octanol–water partition coefficient (Wildman–Crippen LogP) is 2.11. The van der Waals surface area contributed by atoms with Crippen molar-refractivity contribution in [3.63, 3.8) is 0 Å². The highest BCUT2D eigenvalue weighted by molar-refractivity contribution is 5.29. The second-order valence-corrected chi connectivity index (χ2v) is 5.25. The van der Waals surface area contributed by atoms with Crippen molar-refractivity contribution in [2.45, 2.75) is 66.2 Å². The molecule has 1 atom stereocenters. The van der Waals surface area contributed by atoms with Gasteiger partial charge in [-0.15, -0.1) is 0 Å². The molecule has 0 fully saturated rings. The Kier molecular flexibility index (Phi) is 5.12. The summed E-state index contributed by atoms with van der Waals surface area (Å²) in [6.45, 7) is 9.55. The van der Waals surface area contributed by atoms with Crippen LogP contribution in [0, 0.1) is 0 Å². The first-order valence-corrected chi connectivity index (χ1v) is 7.75. The van der Waals surface area contributed by atoms with Crippen LogP contribution in [0.1, 0.15) is 63.0 Å². The Morgan fingerprint density at radius 3 is 2.52 bits per heavy atom. The number of aliphatic hydroxyl groups excluding tert-OH is 1. The van der Waals surface area contributed by atoms with E-state index in [4.69, 9.17) is 0 Å². The fourth-order valence-electron chi connectivity index (χ4n) is 2.76. The van der Waals surface area contributed by atoms with E-state index in [0.29, 0.717) is 6.54 Å². The van der Waals surface area contributed by atoms with Crippen LogP contribution in [0.25, 0.3) is 0 Å². The molecule has 116 valence electrons. The molecule has 0 aliphatic rings. The molecule has 6 heteroatoms. The van der Waals surface area contributed by atoms with Crippen LogP contribution in [0.5, 0.6) is 0 Å². The number of nitrogens with zero attached hydrogens (tertiary/aromatic N) is 5. The summed E-state index contributed by atoms with van der Waals surface area (Å²) in [7, 11) is 0. The minimum atomic E-state index is -0.489. The van der Waals surface area contributed by atoms with Crippen LogP contribution >= 0.6 is 0 Å². The average molecular weight is 291 g/mol. The maximum absolute atomic E-state index is 10.0. The molecular weight excluding hydrogens is 266 g/mol. The van der Waals surface area contributed by atoms with Gasteiger partial charge in [0.05, 0.1) is 11.8 Å². The largest absolute Gasteiger partial charge is 0.389 e. The van der Waals surface area contributed by atoms with Gasteiger partial charge in [-0.3, -0.25) is 4.68 Å². The van der Waals surface area contributed by atoms with E-state index in [-0.39, 0.29) is 0 Å². The molecule has 1 unspecified atom stereocenters. The van der Waals surface area contributed by atoms with Crippen LogP contribution in [-0.2, 0) is 25.9 Å². The molecule has 0 bridgehead atoms. The van der Waals surface area contributed by atoms with Crippen LogP contribution < -0.4 is 0 Å². The summed E-state index contributed by atoms with van der Waals surface area (Å²) in [5.74, 6) is 0.911. The SMILES string of the molecule is CCCn1ncnc1Cn1nc(CC)c(C(C)O)c1CC. The molecule has 1 N–H and O–H groups in total. The molecule has 0 aliphatic carbocycles. The Morgan fingerprint density at radius 2 is 1.95 bits per heavy atom. The molecule has 0 aliphatic heterocycles. The zero-order chi connectivity index (χ0) is 15.4. The first-order valence-electron chi connectivity index (χ1n) is 7.75. The van der Waals surface area contributed by atoms with E-state index in [2.05, 4.69) is 36.0 Å². The van der Waals surface area contributed by atoms with E-state index in [1.54, 1.807) is 13.3 Å². The molecule has 2 aromatic heterocycles. The molecule has 0 spiro atoms. The summed E-state index contributed by atoms with van der Waals surface area (Å²) in [6.07, 6.45) is 3.79. The highest BCUT2D eigenvalue weighted by atomic mass is 16.3. The van der Waals surface area contributed by atoms with Gasteiger partial charge in [0.2, 0.25) is 0 Å². The molecule has 6 nitrogen and oxygen atoms in total. The fourth-order valence-corrected chi connectivity index (χ4v) is 2.76. The van der Waals surface area contributed by atoms with Gasteiger partial charge in [-0.2, -0.15) is 10.2 Å². The van der Waals surface area contributed by atoms with Crippen molar-refractivity contribution in [3.05, 3.63) is 29.1 Å². The van der Waals surface area contributed by atoms with E-state index in [0.717, 1.165) is 48.6 Å². The van der Waals surface area contributed by atoms with Crippen molar-refractivity contribution in [3.8, 4) is 0 Å². The van der Waals surface area contributed by atoms with Crippen LogP contribution in [0.3, 0.4) is 0 Å². The summed E-state index contributed by atoms with van der Waals surface area (Å²) in [4.78, 5) is 4.34. The first kappa shape index (κ1) is 15.7. The van der Waals surface area contributed by atoms with Crippen LogP contribution in [0.15, 0.2) is 6.33 Å². The van der Waals surface area contributed by atoms with Crippen LogP contribution in [-0.4, -0.2) is 29.7 Å². The third-order valence-electron chi connectivity index (χ3n) is 3.68. The van der Waals surface area contributed by atoms with Crippen LogP contribution in [0.2, 0.25) is 0 Å². The second-order valence-electron chi connectivity index (χ2n) is 5.25. The minimum Gasteiger partial charge on any atom is -0.389 e. The normalized spacial score (nSPS) is 12.8. The summed E-state index contributed by atoms with van der Waals surface area (Å²) in [5, 5.41) is 19.0. The van der Waals surface area contributed by atoms with Gasteiger partial charge < -0.3 is 5.11 Å². The Hall–Kier alpha value is -1.69. The maximum atomic E-state index is 10.0. The van der Waals surface area contributed by atoms with Crippen molar-refractivity contribution >= 4 is 0 Å². The first-order chi connectivity index (χ1) is 10.1. The second kappa shape index (κ2) is 6.85. The lowest BCUT2D eigenvalue weighted by molar-refractivity contribution is 0.197. The number of aromatic nitrogens is 5. The summed E-state index contributed by atoms with van der Waals surface area (Å²) >= 11 is 0. The number of rotatable bonds is 7. The molecule has 2 heterocycles. The number of aryl methyl sites for hydroxylation is 2. The van der Waals surface area contributed by atoms with E-state index >= 15 is 0 Å². The third kappa shape index (κ3) is 3.15. The van der Waals surface area contributed by atoms with Gasteiger partial charge >= 0.3 is 0 Å². The zero-order valence-corrected chi connectivity index (χ0v) is 13.4. The summed E-state index contributed by atoms with van der Waals surface area (Å²) < 4.78 is 3.89. The molecule has 0 saturated carbocycles. The Morgan fingerprint density at radius 1 is 1.19 bits per heavy atom. The minimum absolute atomic E-state index is 0.489. The molecule has 21 heavy (non-hydrogen) atoms. The van der Waals surface area contributed by atoms with Crippen molar-refractivity contribution in [2.75, 3.05) is 0 Å². The molecule has 2 rings (SSSR count). The van der Waals surface area contributed by atoms with Crippen molar-refractivity contribution in [1.29, 1.82) is 0 Å². The van der Waals surface area contributed by atoms with Gasteiger partial charge in [0.25, 0.3) is 0 Å². The predicted molar refractivity (Wildman–Crippen MR) is 81.0 cm³/mol. The lowest BCUT2D eigenvalue weighted by Crippen LogP contribution is -2.13. The molecular formula is C15H25N5O. The standard InChI is InChI=1S/C15H25N5O/c1-5-8-19-14(16-10-17-19)9-20-13(7-3)15(11(4)21)12(6-2)18-20/h10-11,21H,5-9H2,1-4H3. The molecule has 0 radical (unpaired) electrons. The number of hydrogen-bond donors (Lipinski definition) is 1. The molecule has 0 saturated heterocycles. The topological polar surface area (TPSA) is 68.8 Å². The number of aliphatic hydroxyl groups is 1. The lowest BCUT2D eigenvalue weighted by atomic mass is 10.0. The monoisotopic (exact) mass is 291 g/mol. The van der Waals surface area contributed by atoms with E-state index in [1.165, 1.54) is 0 Å². The van der Waals surface area contributed by atoms with Gasteiger partial charge in [-0.05, 0) is 26.2 Å². The Bertz CT molecular complexity index is 585. The average Bonchev–Trinajstić information content (AvgIpc) is 3.04. The van der Waals surface area contributed by atoms with Gasteiger partial charge in [0.1, 0.15) is 18.7 Å². The molecule has 0 aromatic carbocycles. The molecule has 0 amide bonds. The van der Waals surface area contributed by atoms with Crippen molar-refractivity contribution in [1.82, 2.24) is 24.5 Å². The number of hydrogen-bond acceptors (Lipinski definition) is 4. The van der Waals surface area contributed by atoms with Gasteiger partial charge in [0.15, 0.2) is 0 Å². The van der Waals surface area contributed by atoms with Gasteiger partial charge in [-0.1, -0.05) is 20.8 Å². The highest BCUT2D eigenvalue weighted by Crippen LogP contribution is 2.24. The van der Waals surface area contributed by atoms with E-state index in [1.807, 2.05) is 9.36 Å². The smallest absolute Gasteiger partial charge is 0.148 e. The summed E-state index contributed by atoms with van der Waals surface area (Å²) in [6, 6.07) is 0. The van der Waals surface area contributed by atoms with Crippen molar-refractivity contribution < 1.29 is 5.11 Å². The van der Waals surface area contributed by atoms with E-state index in [9.17, 15) is 5.11 Å². The Labute approximate surface area is 125 Å². The summed E-state index contributed by atoms with van der Waals surface area (Å²) in [5.41, 5.74) is 3.04. The quantitative estimate of drug-likeness (QED) is 0.848. The lowest BCUT2D eigenvalue weighted by Gasteiger charge is -2.10. The van der Waals surface area contributed by atoms with Gasteiger partial charge in [-0.25, -0.2) is 9.67 Å². The fraction of sp³-hybridized carbons (Fsp3) is 0.667. The van der Waals surface area contributed by atoms with Gasteiger partial charge in [0, 0.05) is 17.8 Å². The highest BCUT2D eigenvalue weighted by Gasteiger charge is 2.20. The zero-order valence-electron chi connectivity index (χ0n) is 13.4. The third-order valence-corrected chi connectivity index (χ3v) is 3.68.